The Hall–Kier alpha value is -3.30. The third-order valence-electron chi connectivity index (χ3n) is 6.14. The van der Waals surface area contributed by atoms with Crippen molar-refractivity contribution in [2.75, 3.05) is 6.54 Å². The summed E-state index contributed by atoms with van der Waals surface area (Å²) >= 11 is 0. The molecule has 0 aliphatic heterocycles. The maximum atomic E-state index is 12.9. The van der Waals surface area contributed by atoms with Gasteiger partial charge in [0.15, 0.2) is 0 Å². The van der Waals surface area contributed by atoms with Crippen LogP contribution in [0, 0.1) is 5.92 Å². The second kappa shape index (κ2) is 9.29. The molecule has 1 aromatic carbocycles. The number of amides is 1. The summed E-state index contributed by atoms with van der Waals surface area (Å²) in [4.78, 5) is 12.9. The molecule has 0 atom stereocenters. The fraction of sp³-hybridized carbons (Fsp3) is 0.435. The normalized spacial score (nSPS) is 18.8. The molecule has 176 valence electrons. The third-order valence-corrected chi connectivity index (χ3v) is 6.14. The van der Waals surface area contributed by atoms with Crippen molar-refractivity contribution in [3.63, 3.8) is 0 Å². The average molecular weight is 461 g/mol. The predicted molar refractivity (Wildman–Crippen MR) is 116 cm³/mol. The molecule has 1 aliphatic carbocycles. The number of hydrogen-bond acceptors (Lipinski definition) is 4. The molecule has 33 heavy (non-hydrogen) atoms. The lowest BCUT2D eigenvalue weighted by atomic mass is 9.79. The third kappa shape index (κ3) is 5.55. The molecule has 0 bridgehead atoms. The molecule has 0 radical (unpaired) electrons. The second-order valence-corrected chi connectivity index (χ2v) is 8.48. The standard InChI is InChI=1S/C23H26F3N5O2/c1-30-14-18(12-28-30)16-5-3-15(4-6-16)11-27-22(32)20-13-29-31(2)21(20)17-7-9-19(10-8-17)33-23(24,25)26/h7-10,12-16H,3-6,11H2,1-2H3,(H,27,32). The van der Waals surface area contributed by atoms with E-state index in [-0.39, 0.29) is 11.7 Å². The highest BCUT2D eigenvalue weighted by atomic mass is 19.4. The van der Waals surface area contributed by atoms with Crippen molar-refractivity contribution in [2.24, 2.45) is 20.0 Å². The average Bonchev–Trinajstić information content (AvgIpc) is 3.38. The number of aryl methyl sites for hydroxylation is 2. The molecule has 0 unspecified atom stereocenters. The molecular weight excluding hydrogens is 435 g/mol. The van der Waals surface area contributed by atoms with Gasteiger partial charge in [0.25, 0.3) is 5.91 Å². The van der Waals surface area contributed by atoms with E-state index in [0.29, 0.717) is 35.2 Å². The summed E-state index contributed by atoms with van der Waals surface area (Å²) in [5.74, 6) is 0.352. The lowest BCUT2D eigenvalue weighted by molar-refractivity contribution is -0.274. The number of benzene rings is 1. The number of nitrogens with zero attached hydrogens (tertiary/aromatic N) is 4. The van der Waals surface area contributed by atoms with Crippen molar-refractivity contribution in [3.8, 4) is 17.0 Å². The van der Waals surface area contributed by atoms with Gasteiger partial charge in [0, 0.05) is 32.4 Å². The molecule has 4 rings (SSSR count). The zero-order valence-electron chi connectivity index (χ0n) is 18.5. The smallest absolute Gasteiger partial charge is 0.406 e. The van der Waals surface area contributed by atoms with Crippen molar-refractivity contribution < 1.29 is 22.7 Å². The number of hydrogen-bond donors (Lipinski definition) is 1. The predicted octanol–water partition coefficient (Wildman–Crippen LogP) is 4.42. The van der Waals surface area contributed by atoms with E-state index in [1.165, 1.54) is 40.7 Å². The minimum atomic E-state index is -4.75. The molecule has 0 spiro atoms. The van der Waals surface area contributed by atoms with Crippen LogP contribution in [0.3, 0.4) is 0 Å². The van der Waals surface area contributed by atoms with Crippen molar-refractivity contribution in [2.45, 2.75) is 38.0 Å². The van der Waals surface area contributed by atoms with Crippen LogP contribution < -0.4 is 10.1 Å². The molecule has 0 saturated heterocycles. The van der Waals surface area contributed by atoms with Gasteiger partial charge in [-0.25, -0.2) is 0 Å². The lowest BCUT2D eigenvalue weighted by Crippen LogP contribution is -2.31. The van der Waals surface area contributed by atoms with Crippen LogP contribution in [0.1, 0.15) is 47.5 Å². The number of alkyl halides is 3. The summed E-state index contributed by atoms with van der Waals surface area (Å²) in [6, 6.07) is 5.40. The van der Waals surface area contributed by atoms with E-state index in [2.05, 4.69) is 26.4 Å². The Morgan fingerprint density at radius 1 is 1.09 bits per heavy atom. The van der Waals surface area contributed by atoms with Gasteiger partial charge in [0.1, 0.15) is 5.75 Å². The quantitative estimate of drug-likeness (QED) is 0.590. The molecule has 1 aliphatic rings. The van der Waals surface area contributed by atoms with Crippen molar-refractivity contribution in [3.05, 3.63) is 54.0 Å². The number of aromatic nitrogens is 4. The monoisotopic (exact) mass is 461 g/mol. The minimum Gasteiger partial charge on any atom is -0.406 e. The first kappa shape index (κ1) is 22.9. The van der Waals surface area contributed by atoms with E-state index in [0.717, 1.165) is 25.7 Å². The fourth-order valence-electron chi connectivity index (χ4n) is 4.44. The molecule has 1 saturated carbocycles. The molecule has 1 amide bonds. The van der Waals surface area contributed by atoms with E-state index >= 15 is 0 Å². The molecule has 3 aromatic rings. The largest absolute Gasteiger partial charge is 0.573 e. The van der Waals surface area contributed by atoms with Gasteiger partial charge in [-0.05, 0) is 67.3 Å². The Balaban J connectivity index is 1.36. The van der Waals surface area contributed by atoms with Gasteiger partial charge in [0.05, 0.1) is 23.7 Å². The molecule has 2 heterocycles. The number of nitrogens with one attached hydrogen (secondary N) is 1. The van der Waals surface area contributed by atoms with Crippen molar-refractivity contribution >= 4 is 5.91 Å². The highest BCUT2D eigenvalue weighted by Gasteiger charge is 2.31. The van der Waals surface area contributed by atoms with Crippen LogP contribution in [0.25, 0.3) is 11.3 Å². The van der Waals surface area contributed by atoms with Crippen molar-refractivity contribution in [1.29, 1.82) is 0 Å². The molecule has 1 fully saturated rings. The molecular formula is C23H26F3N5O2. The number of carbonyl (C=O) groups excluding carboxylic acids is 1. The van der Waals surface area contributed by atoms with Gasteiger partial charge < -0.3 is 10.1 Å². The first-order valence-corrected chi connectivity index (χ1v) is 10.8. The van der Waals surface area contributed by atoms with Gasteiger partial charge in [-0.2, -0.15) is 10.2 Å². The van der Waals surface area contributed by atoms with Crippen LogP contribution in [0.15, 0.2) is 42.9 Å². The Kier molecular flexibility index (Phi) is 6.44. The zero-order chi connectivity index (χ0) is 23.6. The fourth-order valence-corrected chi connectivity index (χ4v) is 4.44. The highest BCUT2D eigenvalue weighted by Crippen LogP contribution is 2.35. The number of carbonyl (C=O) groups is 1. The van der Waals surface area contributed by atoms with Crippen molar-refractivity contribution in [1.82, 2.24) is 24.9 Å². The molecule has 1 N–H and O–H groups in total. The second-order valence-electron chi connectivity index (χ2n) is 8.48. The van der Waals surface area contributed by atoms with E-state index in [4.69, 9.17) is 0 Å². The maximum Gasteiger partial charge on any atom is 0.573 e. The molecule has 10 heteroatoms. The summed E-state index contributed by atoms with van der Waals surface area (Å²) in [5, 5.41) is 11.4. The van der Waals surface area contributed by atoms with E-state index in [1.807, 2.05) is 17.9 Å². The topological polar surface area (TPSA) is 74.0 Å². The maximum absolute atomic E-state index is 12.9. The summed E-state index contributed by atoms with van der Waals surface area (Å²) in [6.07, 6.45) is 4.91. The summed E-state index contributed by atoms with van der Waals surface area (Å²) in [6.45, 7) is 0.575. The Bertz CT molecular complexity index is 1100. The first-order chi connectivity index (χ1) is 15.7. The number of ether oxygens (including phenoxy) is 1. The summed E-state index contributed by atoms with van der Waals surface area (Å²) in [5.41, 5.74) is 2.76. The zero-order valence-corrected chi connectivity index (χ0v) is 18.5. The van der Waals surface area contributed by atoms with Crippen LogP contribution in [0.4, 0.5) is 13.2 Å². The van der Waals surface area contributed by atoms with E-state index in [1.54, 1.807) is 7.05 Å². The number of halogens is 3. The van der Waals surface area contributed by atoms with Gasteiger partial charge in [-0.3, -0.25) is 14.2 Å². The van der Waals surface area contributed by atoms with Gasteiger partial charge in [-0.15, -0.1) is 13.2 Å². The van der Waals surface area contributed by atoms with Crippen LogP contribution in [-0.4, -0.2) is 38.4 Å². The Labute approximate surface area is 189 Å². The minimum absolute atomic E-state index is 0.247. The Morgan fingerprint density at radius 2 is 1.79 bits per heavy atom. The van der Waals surface area contributed by atoms with Crippen LogP contribution in [0.2, 0.25) is 0 Å². The van der Waals surface area contributed by atoms with Gasteiger partial charge >= 0.3 is 6.36 Å². The molecule has 7 nitrogen and oxygen atoms in total. The van der Waals surface area contributed by atoms with Crippen LogP contribution in [0.5, 0.6) is 5.75 Å². The van der Waals surface area contributed by atoms with Crippen LogP contribution >= 0.6 is 0 Å². The van der Waals surface area contributed by atoms with Gasteiger partial charge in [-0.1, -0.05) is 0 Å². The van der Waals surface area contributed by atoms with Crippen LogP contribution in [-0.2, 0) is 14.1 Å². The van der Waals surface area contributed by atoms with E-state index in [9.17, 15) is 18.0 Å². The summed E-state index contributed by atoms with van der Waals surface area (Å²) < 4.78 is 44.5. The first-order valence-electron chi connectivity index (χ1n) is 10.8. The highest BCUT2D eigenvalue weighted by molar-refractivity contribution is 5.99. The number of rotatable bonds is 6. The van der Waals surface area contributed by atoms with Gasteiger partial charge in [0.2, 0.25) is 0 Å². The Morgan fingerprint density at radius 3 is 2.39 bits per heavy atom. The lowest BCUT2D eigenvalue weighted by Gasteiger charge is -2.28. The SMILES string of the molecule is Cn1cc(C2CCC(CNC(=O)c3cnn(C)c3-c3ccc(OC(F)(F)F)cc3)CC2)cn1. The molecule has 2 aromatic heterocycles. The van der Waals surface area contributed by atoms with E-state index < -0.39 is 6.36 Å². The summed E-state index contributed by atoms with van der Waals surface area (Å²) in [7, 11) is 3.61.